The predicted molar refractivity (Wildman–Crippen MR) is 113 cm³/mol. The van der Waals surface area contributed by atoms with Gasteiger partial charge in [0.15, 0.2) is 6.61 Å². The van der Waals surface area contributed by atoms with Crippen molar-refractivity contribution in [1.29, 1.82) is 0 Å². The molecule has 0 aliphatic carbocycles. The molecule has 8 nitrogen and oxygen atoms in total. The number of fused-ring (bicyclic) bond motifs is 1. The summed E-state index contributed by atoms with van der Waals surface area (Å²) in [4.78, 5) is 40.3. The van der Waals surface area contributed by atoms with E-state index in [1.54, 1.807) is 48.4 Å². The molecule has 0 spiro atoms. The van der Waals surface area contributed by atoms with Gasteiger partial charge < -0.3 is 24.6 Å². The molecule has 2 aromatic carbocycles. The maximum absolute atomic E-state index is 12.7. The van der Waals surface area contributed by atoms with Gasteiger partial charge in [-0.15, -0.1) is 0 Å². The Hall–Kier alpha value is -3.55. The van der Waals surface area contributed by atoms with Crippen molar-refractivity contribution < 1.29 is 23.9 Å². The van der Waals surface area contributed by atoms with Crippen molar-refractivity contribution in [1.82, 2.24) is 4.90 Å². The molecule has 3 rings (SSSR count). The van der Waals surface area contributed by atoms with E-state index in [0.29, 0.717) is 29.4 Å². The normalized spacial score (nSPS) is 12.6. The van der Waals surface area contributed by atoms with Crippen LogP contribution in [0.4, 0.5) is 11.4 Å². The third-order valence-electron chi connectivity index (χ3n) is 4.78. The summed E-state index contributed by atoms with van der Waals surface area (Å²) in [6.45, 7) is 2.31. The summed E-state index contributed by atoms with van der Waals surface area (Å²) in [6, 6.07) is 14.2. The first-order chi connectivity index (χ1) is 14.5. The van der Waals surface area contributed by atoms with Crippen molar-refractivity contribution in [3.63, 3.8) is 0 Å². The second-order valence-electron chi connectivity index (χ2n) is 6.74. The van der Waals surface area contributed by atoms with E-state index >= 15 is 0 Å². The number of hydrogen-bond donors (Lipinski definition) is 1. The lowest BCUT2D eigenvalue weighted by Crippen LogP contribution is -2.43. The fraction of sp³-hybridized carbons (Fsp3) is 0.318. The number of carbonyl (C=O) groups is 3. The highest BCUT2D eigenvalue weighted by molar-refractivity contribution is 5.98. The molecule has 0 fully saturated rings. The molecule has 0 bridgehead atoms. The molecule has 1 aliphatic heterocycles. The van der Waals surface area contributed by atoms with Gasteiger partial charge in [0.2, 0.25) is 11.8 Å². The summed E-state index contributed by atoms with van der Waals surface area (Å²) < 4.78 is 10.6. The van der Waals surface area contributed by atoms with Crippen LogP contribution in [0.5, 0.6) is 11.5 Å². The number of anilines is 2. The first kappa shape index (κ1) is 21.2. The van der Waals surface area contributed by atoms with Gasteiger partial charge in [0.05, 0.1) is 19.3 Å². The van der Waals surface area contributed by atoms with Gasteiger partial charge in [-0.3, -0.25) is 14.4 Å². The molecule has 1 N–H and O–H groups in total. The smallest absolute Gasteiger partial charge is 0.265 e. The van der Waals surface area contributed by atoms with Crippen molar-refractivity contribution in [2.45, 2.75) is 13.3 Å². The van der Waals surface area contributed by atoms with Crippen LogP contribution in [0.25, 0.3) is 0 Å². The highest BCUT2D eigenvalue weighted by Crippen LogP contribution is 2.31. The quantitative estimate of drug-likeness (QED) is 0.720. The molecule has 0 saturated carbocycles. The van der Waals surface area contributed by atoms with Crippen molar-refractivity contribution in [2.75, 3.05) is 43.6 Å². The molecule has 1 heterocycles. The van der Waals surface area contributed by atoms with Gasteiger partial charge in [-0.1, -0.05) is 18.2 Å². The molecular formula is C22H25N3O5. The lowest BCUT2D eigenvalue weighted by atomic mass is 10.2. The molecule has 0 atom stereocenters. The van der Waals surface area contributed by atoms with E-state index in [1.807, 2.05) is 19.1 Å². The summed E-state index contributed by atoms with van der Waals surface area (Å²) >= 11 is 0. The van der Waals surface area contributed by atoms with Crippen LogP contribution >= 0.6 is 0 Å². The molecule has 8 heteroatoms. The Kier molecular flexibility index (Phi) is 6.90. The summed E-state index contributed by atoms with van der Waals surface area (Å²) in [6.07, 6.45) is 0.111. The molecule has 30 heavy (non-hydrogen) atoms. The average molecular weight is 411 g/mol. The summed E-state index contributed by atoms with van der Waals surface area (Å²) in [7, 11) is 1.55. The third kappa shape index (κ3) is 5.08. The van der Waals surface area contributed by atoms with Gasteiger partial charge in [-0.25, -0.2) is 0 Å². The maximum atomic E-state index is 12.7. The SMILES string of the molecule is CCN(CC(=O)Nc1cccc(OC)c1)C(=O)CCN1C(=O)COc2ccccc21. The van der Waals surface area contributed by atoms with Crippen LogP contribution in [0, 0.1) is 0 Å². The number of benzene rings is 2. The minimum absolute atomic E-state index is 0.0500. The van der Waals surface area contributed by atoms with E-state index in [4.69, 9.17) is 9.47 Å². The number of nitrogens with zero attached hydrogens (tertiary/aromatic N) is 2. The van der Waals surface area contributed by atoms with Crippen LogP contribution in [0.2, 0.25) is 0 Å². The molecule has 0 unspecified atom stereocenters. The number of ether oxygens (including phenoxy) is 2. The number of hydrogen-bond acceptors (Lipinski definition) is 5. The number of rotatable bonds is 8. The van der Waals surface area contributed by atoms with Crippen molar-refractivity contribution >= 4 is 29.1 Å². The van der Waals surface area contributed by atoms with Crippen molar-refractivity contribution in [3.8, 4) is 11.5 Å². The Morgan fingerprint density at radius 2 is 2.00 bits per heavy atom. The van der Waals surface area contributed by atoms with Crippen LogP contribution in [0.3, 0.4) is 0 Å². The minimum atomic E-state index is -0.300. The molecule has 1 aliphatic rings. The molecule has 0 radical (unpaired) electrons. The van der Waals surface area contributed by atoms with Crippen molar-refractivity contribution in [3.05, 3.63) is 48.5 Å². The van der Waals surface area contributed by atoms with E-state index in [0.717, 1.165) is 0 Å². The largest absolute Gasteiger partial charge is 0.497 e. The van der Waals surface area contributed by atoms with Gasteiger partial charge >= 0.3 is 0 Å². The number of amides is 3. The van der Waals surface area contributed by atoms with E-state index in [2.05, 4.69) is 5.32 Å². The lowest BCUT2D eigenvalue weighted by molar-refractivity contribution is -0.134. The summed E-state index contributed by atoms with van der Waals surface area (Å²) in [5.74, 6) is 0.558. The van der Waals surface area contributed by atoms with E-state index in [9.17, 15) is 14.4 Å². The van der Waals surface area contributed by atoms with Crippen LogP contribution < -0.4 is 19.7 Å². The maximum Gasteiger partial charge on any atom is 0.265 e. The number of para-hydroxylation sites is 2. The highest BCUT2D eigenvalue weighted by atomic mass is 16.5. The predicted octanol–water partition coefficient (Wildman–Crippen LogP) is 2.30. The Bertz CT molecular complexity index is 930. The monoisotopic (exact) mass is 411 g/mol. The third-order valence-corrected chi connectivity index (χ3v) is 4.78. The zero-order valence-electron chi connectivity index (χ0n) is 17.1. The van der Waals surface area contributed by atoms with Crippen molar-refractivity contribution in [2.24, 2.45) is 0 Å². The van der Waals surface area contributed by atoms with Crippen LogP contribution in [-0.2, 0) is 14.4 Å². The summed E-state index contributed by atoms with van der Waals surface area (Å²) in [5.41, 5.74) is 1.25. The van der Waals surface area contributed by atoms with Crippen LogP contribution in [0.15, 0.2) is 48.5 Å². The molecular weight excluding hydrogens is 386 g/mol. The second kappa shape index (κ2) is 9.78. The number of likely N-dealkylation sites (N-methyl/N-ethyl adjacent to an activating group) is 1. The summed E-state index contributed by atoms with van der Waals surface area (Å²) in [5, 5.41) is 2.77. The Morgan fingerprint density at radius 1 is 1.20 bits per heavy atom. The zero-order chi connectivity index (χ0) is 21.5. The molecule has 3 amide bonds. The zero-order valence-corrected chi connectivity index (χ0v) is 17.1. The number of nitrogens with one attached hydrogen (secondary N) is 1. The van der Waals surface area contributed by atoms with E-state index in [1.165, 1.54) is 4.90 Å². The van der Waals surface area contributed by atoms with Crippen LogP contribution in [0.1, 0.15) is 13.3 Å². The van der Waals surface area contributed by atoms with Gasteiger partial charge in [-0.05, 0) is 31.2 Å². The topological polar surface area (TPSA) is 88.2 Å². The number of methoxy groups -OCH3 is 1. The van der Waals surface area contributed by atoms with Gasteiger partial charge in [0.25, 0.3) is 5.91 Å². The number of carbonyl (C=O) groups excluding carboxylic acids is 3. The first-order valence-corrected chi connectivity index (χ1v) is 9.75. The lowest BCUT2D eigenvalue weighted by Gasteiger charge is -2.30. The second-order valence-corrected chi connectivity index (χ2v) is 6.74. The Balaban J connectivity index is 1.57. The average Bonchev–Trinajstić information content (AvgIpc) is 2.76. The first-order valence-electron chi connectivity index (χ1n) is 9.75. The molecule has 0 aromatic heterocycles. The van der Waals surface area contributed by atoms with Crippen LogP contribution in [-0.4, -0.2) is 56.0 Å². The highest BCUT2D eigenvalue weighted by Gasteiger charge is 2.26. The molecule has 158 valence electrons. The fourth-order valence-corrected chi connectivity index (χ4v) is 3.22. The fourth-order valence-electron chi connectivity index (χ4n) is 3.22. The Labute approximate surface area is 175 Å². The minimum Gasteiger partial charge on any atom is -0.497 e. The van der Waals surface area contributed by atoms with E-state index < -0.39 is 0 Å². The van der Waals surface area contributed by atoms with Gasteiger partial charge in [0.1, 0.15) is 11.5 Å². The molecule has 0 saturated heterocycles. The van der Waals surface area contributed by atoms with Gasteiger partial charge in [-0.2, -0.15) is 0 Å². The van der Waals surface area contributed by atoms with Gasteiger partial charge in [0, 0.05) is 31.3 Å². The Morgan fingerprint density at radius 3 is 2.77 bits per heavy atom. The standard InChI is InChI=1S/C22H25N3O5/c1-3-24(14-20(26)23-16-7-6-8-17(13-16)29-2)21(27)11-12-25-18-9-4-5-10-19(18)30-15-22(25)28/h4-10,13H,3,11-12,14-15H2,1-2H3,(H,23,26). The molecule has 2 aromatic rings. The van der Waals surface area contributed by atoms with E-state index in [-0.39, 0.29) is 43.8 Å².